The predicted molar refractivity (Wildman–Crippen MR) is 82.6 cm³/mol. The van der Waals surface area contributed by atoms with Crippen molar-refractivity contribution in [2.45, 2.75) is 45.1 Å². The number of benzene rings is 1. The zero-order chi connectivity index (χ0) is 14.5. The van der Waals surface area contributed by atoms with Gasteiger partial charge in [-0.05, 0) is 31.0 Å². The fourth-order valence-electron chi connectivity index (χ4n) is 1.77. The first-order valence-electron chi connectivity index (χ1n) is 6.59. The quantitative estimate of drug-likeness (QED) is 0.849. The monoisotopic (exact) mass is 302 g/mol. The summed E-state index contributed by atoms with van der Waals surface area (Å²) >= 11 is 0. The molecule has 0 heterocycles. The molecule has 0 aliphatic heterocycles. The number of hydrogen-bond donors (Lipinski definition) is 2. The van der Waals surface area contributed by atoms with Crippen molar-refractivity contribution in [3.05, 3.63) is 35.6 Å². The van der Waals surface area contributed by atoms with Crippen LogP contribution in [0.4, 0.5) is 4.39 Å². The number of nitrogens with two attached hydrogens (primary N) is 1. The lowest BCUT2D eigenvalue weighted by molar-refractivity contribution is -0.121. The van der Waals surface area contributed by atoms with Gasteiger partial charge < -0.3 is 11.1 Å². The minimum atomic E-state index is -0.250. The van der Waals surface area contributed by atoms with Crippen LogP contribution in [0.15, 0.2) is 24.3 Å². The molecule has 0 saturated carbocycles. The van der Waals surface area contributed by atoms with Crippen LogP contribution in [0.5, 0.6) is 0 Å². The van der Waals surface area contributed by atoms with E-state index in [1.807, 2.05) is 20.8 Å². The lowest BCUT2D eigenvalue weighted by Crippen LogP contribution is -2.37. The van der Waals surface area contributed by atoms with Crippen molar-refractivity contribution in [2.75, 3.05) is 6.54 Å². The molecule has 0 radical (unpaired) electrons. The second kappa shape index (κ2) is 8.22. The maximum absolute atomic E-state index is 12.9. The molecule has 1 unspecified atom stereocenters. The number of rotatable bonds is 6. The lowest BCUT2D eigenvalue weighted by atomic mass is 9.84. The summed E-state index contributed by atoms with van der Waals surface area (Å²) in [6, 6.07) is 6.42. The molecule has 3 nitrogen and oxygen atoms in total. The third kappa shape index (κ3) is 6.35. The molecule has 0 aromatic heterocycles. The third-order valence-corrected chi connectivity index (χ3v) is 3.18. The molecule has 0 bridgehead atoms. The first-order valence-corrected chi connectivity index (χ1v) is 6.59. The van der Waals surface area contributed by atoms with Crippen molar-refractivity contribution in [1.82, 2.24) is 5.32 Å². The van der Waals surface area contributed by atoms with Crippen LogP contribution in [0.1, 0.15) is 39.2 Å². The molecule has 3 N–H and O–H groups in total. The lowest BCUT2D eigenvalue weighted by Gasteiger charge is -2.25. The Balaban J connectivity index is 0.00000361. The van der Waals surface area contributed by atoms with Gasteiger partial charge in [-0.2, -0.15) is 0 Å². The molecule has 0 saturated heterocycles. The van der Waals surface area contributed by atoms with Crippen molar-refractivity contribution in [3.63, 3.8) is 0 Å². The van der Waals surface area contributed by atoms with Crippen molar-refractivity contribution < 1.29 is 9.18 Å². The SMILES string of the molecule is CC(N)CCC(=O)NCC(C)(C)c1ccc(F)cc1.Cl. The van der Waals surface area contributed by atoms with Crippen molar-refractivity contribution >= 4 is 18.3 Å². The minimum absolute atomic E-state index is 0. The van der Waals surface area contributed by atoms with Gasteiger partial charge in [0.2, 0.25) is 5.91 Å². The Labute approximate surface area is 126 Å². The summed E-state index contributed by atoms with van der Waals surface area (Å²) in [6.07, 6.45) is 1.12. The van der Waals surface area contributed by atoms with Crippen molar-refractivity contribution in [2.24, 2.45) is 5.73 Å². The topological polar surface area (TPSA) is 55.1 Å². The molecule has 5 heteroatoms. The maximum Gasteiger partial charge on any atom is 0.220 e. The Morgan fingerprint density at radius 3 is 2.40 bits per heavy atom. The van der Waals surface area contributed by atoms with Crippen LogP contribution >= 0.6 is 12.4 Å². The van der Waals surface area contributed by atoms with Crippen LogP contribution in [-0.2, 0) is 10.2 Å². The Bertz CT molecular complexity index is 418. The molecule has 20 heavy (non-hydrogen) atoms. The molecule has 0 fully saturated rings. The van der Waals surface area contributed by atoms with Gasteiger partial charge >= 0.3 is 0 Å². The van der Waals surface area contributed by atoms with Gasteiger partial charge in [0.15, 0.2) is 0 Å². The Morgan fingerprint density at radius 2 is 1.90 bits per heavy atom. The highest BCUT2D eigenvalue weighted by Gasteiger charge is 2.21. The zero-order valence-electron chi connectivity index (χ0n) is 12.3. The largest absolute Gasteiger partial charge is 0.355 e. The fourth-order valence-corrected chi connectivity index (χ4v) is 1.77. The molecule has 1 amide bonds. The van der Waals surface area contributed by atoms with E-state index in [0.29, 0.717) is 19.4 Å². The standard InChI is InChI=1S/C15H23FN2O.ClH/c1-11(17)4-9-14(19)18-10-15(2,3)12-5-7-13(16)8-6-12;/h5-8,11H,4,9-10,17H2,1-3H3,(H,18,19);1H. The number of carbonyl (C=O) groups excluding carboxylic acids is 1. The molecule has 0 aliphatic rings. The summed E-state index contributed by atoms with van der Waals surface area (Å²) in [6.45, 7) is 6.45. The first-order chi connectivity index (χ1) is 8.81. The molecule has 1 aromatic carbocycles. The number of hydrogen-bond acceptors (Lipinski definition) is 2. The summed E-state index contributed by atoms with van der Waals surface area (Å²) in [4.78, 5) is 11.7. The van der Waals surface area contributed by atoms with E-state index in [1.54, 1.807) is 12.1 Å². The molecule has 1 rings (SSSR count). The Morgan fingerprint density at radius 1 is 1.35 bits per heavy atom. The normalized spacial score (nSPS) is 12.4. The Kier molecular flexibility index (Phi) is 7.76. The number of halogens is 2. The van der Waals surface area contributed by atoms with E-state index in [4.69, 9.17) is 5.73 Å². The van der Waals surface area contributed by atoms with E-state index in [9.17, 15) is 9.18 Å². The van der Waals surface area contributed by atoms with Gasteiger partial charge in [-0.1, -0.05) is 26.0 Å². The van der Waals surface area contributed by atoms with Crippen molar-refractivity contribution in [1.29, 1.82) is 0 Å². The predicted octanol–water partition coefficient (Wildman–Crippen LogP) is 2.77. The summed E-state index contributed by atoms with van der Waals surface area (Å²) in [5.74, 6) is -0.243. The zero-order valence-corrected chi connectivity index (χ0v) is 13.1. The van der Waals surface area contributed by atoms with Crippen LogP contribution in [0.2, 0.25) is 0 Å². The van der Waals surface area contributed by atoms with E-state index in [-0.39, 0.29) is 35.6 Å². The molecule has 1 atom stereocenters. The molecule has 1 aromatic rings. The summed E-state index contributed by atoms with van der Waals surface area (Å²) in [7, 11) is 0. The van der Waals surface area contributed by atoms with Gasteiger partial charge in [-0.25, -0.2) is 4.39 Å². The molecule has 0 aliphatic carbocycles. The number of carbonyl (C=O) groups is 1. The number of amides is 1. The van der Waals surface area contributed by atoms with Gasteiger partial charge in [-0.15, -0.1) is 12.4 Å². The maximum atomic E-state index is 12.9. The highest BCUT2D eigenvalue weighted by Crippen LogP contribution is 2.22. The van der Waals surface area contributed by atoms with E-state index < -0.39 is 0 Å². The van der Waals surface area contributed by atoms with E-state index in [1.165, 1.54) is 12.1 Å². The van der Waals surface area contributed by atoms with E-state index in [0.717, 1.165) is 5.56 Å². The van der Waals surface area contributed by atoms with Crippen LogP contribution in [-0.4, -0.2) is 18.5 Å². The van der Waals surface area contributed by atoms with Crippen LogP contribution in [0.25, 0.3) is 0 Å². The second-order valence-electron chi connectivity index (χ2n) is 5.68. The fraction of sp³-hybridized carbons (Fsp3) is 0.533. The second-order valence-corrected chi connectivity index (χ2v) is 5.68. The average Bonchev–Trinajstić information content (AvgIpc) is 2.34. The molecule has 114 valence electrons. The molecular weight excluding hydrogens is 279 g/mol. The van der Waals surface area contributed by atoms with Crippen LogP contribution in [0, 0.1) is 5.82 Å². The smallest absolute Gasteiger partial charge is 0.220 e. The highest BCUT2D eigenvalue weighted by atomic mass is 35.5. The van der Waals surface area contributed by atoms with Gasteiger partial charge in [0.25, 0.3) is 0 Å². The Hall–Kier alpha value is -1.13. The summed E-state index contributed by atoms with van der Waals surface area (Å²) in [5.41, 5.74) is 6.39. The average molecular weight is 303 g/mol. The highest BCUT2D eigenvalue weighted by molar-refractivity contribution is 5.85. The van der Waals surface area contributed by atoms with Crippen molar-refractivity contribution in [3.8, 4) is 0 Å². The van der Waals surface area contributed by atoms with E-state index in [2.05, 4.69) is 5.32 Å². The van der Waals surface area contributed by atoms with Crippen LogP contribution in [0.3, 0.4) is 0 Å². The number of nitrogens with one attached hydrogen (secondary N) is 1. The van der Waals surface area contributed by atoms with Gasteiger partial charge in [0.1, 0.15) is 5.82 Å². The van der Waals surface area contributed by atoms with Gasteiger partial charge in [-0.3, -0.25) is 4.79 Å². The van der Waals surface area contributed by atoms with Gasteiger partial charge in [0, 0.05) is 24.4 Å². The first kappa shape index (κ1) is 18.9. The van der Waals surface area contributed by atoms with Crippen LogP contribution < -0.4 is 11.1 Å². The summed E-state index contributed by atoms with van der Waals surface area (Å²) < 4.78 is 12.9. The third-order valence-electron chi connectivity index (χ3n) is 3.18. The molecule has 0 spiro atoms. The molecular formula is C15H24ClFN2O. The summed E-state index contributed by atoms with van der Waals surface area (Å²) in [5, 5.41) is 2.90. The van der Waals surface area contributed by atoms with E-state index >= 15 is 0 Å². The minimum Gasteiger partial charge on any atom is -0.355 e. The van der Waals surface area contributed by atoms with Gasteiger partial charge in [0.05, 0.1) is 0 Å².